The molecule has 1 aliphatic carbocycles. The van der Waals surface area contributed by atoms with Gasteiger partial charge in [-0.2, -0.15) is 5.10 Å². The lowest BCUT2D eigenvalue weighted by atomic mass is 10.1. The summed E-state index contributed by atoms with van der Waals surface area (Å²) < 4.78 is 7.79. The maximum absolute atomic E-state index is 6.17. The van der Waals surface area contributed by atoms with Gasteiger partial charge in [0.15, 0.2) is 0 Å². The SMILES string of the molecule is NC1CCCCCC1Oc1nccn2nccc12. The third-order valence-corrected chi connectivity index (χ3v) is 3.56. The first-order valence-corrected chi connectivity index (χ1v) is 6.55. The fourth-order valence-corrected chi connectivity index (χ4v) is 2.52. The van der Waals surface area contributed by atoms with E-state index in [4.69, 9.17) is 10.5 Å². The minimum Gasteiger partial charge on any atom is -0.471 e. The highest BCUT2D eigenvalue weighted by molar-refractivity contribution is 5.54. The Balaban J connectivity index is 1.84. The van der Waals surface area contributed by atoms with Gasteiger partial charge in [-0.3, -0.25) is 0 Å². The Labute approximate surface area is 106 Å². The number of aromatic nitrogens is 3. The summed E-state index contributed by atoms with van der Waals surface area (Å²) in [5.41, 5.74) is 7.07. The van der Waals surface area contributed by atoms with Gasteiger partial charge in [0, 0.05) is 18.4 Å². The molecule has 2 atom stereocenters. The van der Waals surface area contributed by atoms with Crippen LogP contribution in [0.3, 0.4) is 0 Å². The Kier molecular flexibility index (Phi) is 3.15. The van der Waals surface area contributed by atoms with E-state index in [1.165, 1.54) is 19.3 Å². The number of ether oxygens (including phenoxy) is 1. The average molecular weight is 246 g/mol. The summed E-state index contributed by atoms with van der Waals surface area (Å²) in [6.45, 7) is 0. The molecule has 1 aliphatic rings. The van der Waals surface area contributed by atoms with E-state index in [9.17, 15) is 0 Å². The fourth-order valence-electron chi connectivity index (χ4n) is 2.52. The highest BCUT2D eigenvalue weighted by Crippen LogP contribution is 2.23. The first-order valence-electron chi connectivity index (χ1n) is 6.55. The Morgan fingerprint density at radius 1 is 1.22 bits per heavy atom. The van der Waals surface area contributed by atoms with Crippen molar-refractivity contribution in [3.8, 4) is 5.88 Å². The van der Waals surface area contributed by atoms with Crippen LogP contribution in [-0.2, 0) is 0 Å². The van der Waals surface area contributed by atoms with Crippen molar-refractivity contribution in [2.75, 3.05) is 0 Å². The van der Waals surface area contributed by atoms with Crippen molar-refractivity contribution in [1.29, 1.82) is 0 Å². The molecule has 18 heavy (non-hydrogen) atoms. The zero-order valence-electron chi connectivity index (χ0n) is 10.3. The molecule has 96 valence electrons. The molecule has 5 nitrogen and oxygen atoms in total. The molecule has 0 aromatic carbocycles. The van der Waals surface area contributed by atoms with Gasteiger partial charge >= 0.3 is 0 Å². The van der Waals surface area contributed by atoms with E-state index in [1.54, 1.807) is 16.9 Å². The van der Waals surface area contributed by atoms with Crippen LogP contribution >= 0.6 is 0 Å². The van der Waals surface area contributed by atoms with Crippen molar-refractivity contribution in [2.45, 2.75) is 44.2 Å². The van der Waals surface area contributed by atoms with Gasteiger partial charge in [-0.25, -0.2) is 9.50 Å². The van der Waals surface area contributed by atoms with E-state index in [-0.39, 0.29) is 12.1 Å². The lowest BCUT2D eigenvalue weighted by Gasteiger charge is -2.22. The average Bonchev–Trinajstić information content (AvgIpc) is 2.77. The summed E-state index contributed by atoms with van der Waals surface area (Å²) in [6.07, 6.45) is 11.0. The second-order valence-corrected chi connectivity index (χ2v) is 4.85. The minimum atomic E-state index is 0.0705. The second kappa shape index (κ2) is 4.94. The van der Waals surface area contributed by atoms with E-state index >= 15 is 0 Å². The van der Waals surface area contributed by atoms with Gasteiger partial charge in [-0.05, 0) is 25.3 Å². The van der Waals surface area contributed by atoms with Gasteiger partial charge in [-0.15, -0.1) is 0 Å². The van der Waals surface area contributed by atoms with E-state index < -0.39 is 0 Å². The third kappa shape index (κ3) is 2.18. The van der Waals surface area contributed by atoms with Crippen molar-refractivity contribution >= 4 is 5.52 Å². The molecular formula is C13H18N4O. The van der Waals surface area contributed by atoms with Crippen LogP contribution in [0.25, 0.3) is 5.52 Å². The molecule has 1 fully saturated rings. The predicted octanol–water partition coefficient (Wildman–Crippen LogP) is 1.77. The second-order valence-electron chi connectivity index (χ2n) is 4.85. The molecule has 0 spiro atoms. The summed E-state index contributed by atoms with van der Waals surface area (Å²) in [6, 6.07) is 2.02. The van der Waals surface area contributed by atoms with Gasteiger partial charge in [0.2, 0.25) is 5.88 Å². The molecule has 3 rings (SSSR count). The van der Waals surface area contributed by atoms with Crippen molar-refractivity contribution in [1.82, 2.24) is 14.6 Å². The number of nitrogens with zero attached hydrogens (tertiary/aromatic N) is 3. The van der Waals surface area contributed by atoms with Gasteiger partial charge in [0.25, 0.3) is 0 Å². The molecule has 0 saturated heterocycles. The molecule has 2 unspecified atom stereocenters. The molecular weight excluding hydrogens is 228 g/mol. The van der Waals surface area contributed by atoms with Crippen molar-refractivity contribution in [3.63, 3.8) is 0 Å². The van der Waals surface area contributed by atoms with Crippen LogP contribution in [0.4, 0.5) is 0 Å². The maximum Gasteiger partial charge on any atom is 0.240 e. The van der Waals surface area contributed by atoms with E-state index in [0.717, 1.165) is 18.4 Å². The van der Waals surface area contributed by atoms with Crippen LogP contribution in [0, 0.1) is 0 Å². The summed E-state index contributed by atoms with van der Waals surface area (Å²) in [7, 11) is 0. The van der Waals surface area contributed by atoms with Crippen LogP contribution in [0.15, 0.2) is 24.7 Å². The molecule has 1 saturated carbocycles. The Bertz CT molecular complexity index is 524. The highest BCUT2D eigenvalue weighted by atomic mass is 16.5. The Hall–Kier alpha value is -1.62. The van der Waals surface area contributed by atoms with Crippen LogP contribution < -0.4 is 10.5 Å². The van der Waals surface area contributed by atoms with Gasteiger partial charge in [-0.1, -0.05) is 12.8 Å². The fraction of sp³-hybridized carbons (Fsp3) is 0.538. The number of fused-ring (bicyclic) bond motifs is 1. The monoisotopic (exact) mass is 246 g/mol. The first kappa shape index (κ1) is 11.5. The number of hydrogen-bond acceptors (Lipinski definition) is 4. The molecule has 2 N–H and O–H groups in total. The van der Waals surface area contributed by atoms with Crippen LogP contribution in [0.1, 0.15) is 32.1 Å². The van der Waals surface area contributed by atoms with E-state index in [0.29, 0.717) is 5.88 Å². The lowest BCUT2D eigenvalue weighted by Crippen LogP contribution is -2.38. The molecule has 5 heteroatoms. The zero-order valence-corrected chi connectivity index (χ0v) is 10.3. The topological polar surface area (TPSA) is 65.4 Å². The quantitative estimate of drug-likeness (QED) is 0.820. The van der Waals surface area contributed by atoms with Gasteiger partial charge in [0.1, 0.15) is 11.6 Å². The highest BCUT2D eigenvalue weighted by Gasteiger charge is 2.23. The molecule has 0 aliphatic heterocycles. The summed E-state index contributed by atoms with van der Waals surface area (Å²) in [5.74, 6) is 0.636. The van der Waals surface area contributed by atoms with Crippen LogP contribution in [0.2, 0.25) is 0 Å². The Morgan fingerprint density at radius 2 is 2.11 bits per heavy atom. The molecule has 0 bridgehead atoms. The zero-order chi connectivity index (χ0) is 12.4. The van der Waals surface area contributed by atoms with Crippen molar-refractivity contribution < 1.29 is 4.74 Å². The number of rotatable bonds is 2. The molecule has 2 heterocycles. The summed E-state index contributed by atoms with van der Waals surface area (Å²) in [4.78, 5) is 4.30. The summed E-state index contributed by atoms with van der Waals surface area (Å²) in [5, 5.41) is 4.18. The standard InChI is InChI=1S/C13H18N4O/c14-10-4-2-1-3-5-12(10)18-13-11-6-7-16-17(11)9-8-15-13/h6-10,12H,1-5,14H2. The Morgan fingerprint density at radius 3 is 3.06 bits per heavy atom. The normalized spacial score (nSPS) is 24.9. The van der Waals surface area contributed by atoms with Crippen LogP contribution in [0.5, 0.6) is 5.88 Å². The van der Waals surface area contributed by atoms with E-state index in [1.807, 2.05) is 12.3 Å². The number of nitrogens with two attached hydrogens (primary N) is 1. The third-order valence-electron chi connectivity index (χ3n) is 3.56. The number of hydrogen-bond donors (Lipinski definition) is 1. The van der Waals surface area contributed by atoms with Crippen LogP contribution in [-0.4, -0.2) is 26.7 Å². The minimum absolute atomic E-state index is 0.0705. The van der Waals surface area contributed by atoms with E-state index in [2.05, 4.69) is 10.1 Å². The largest absolute Gasteiger partial charge is 0.471 e. The van der Waals surface area contributed by atoms with Crippen molar-refractivity contribution in [2.24, 2.45) is 5.73 Å². The molecule has 2 aromatic rings. The first-order chi connectivity index (χ1) is 8.84. The summed E-state index contributed by atoms with van der Waals surface area (Å²) >= 11 is 0. The molecule has 2 aromatic heterocycles. The predicted molar refractivity (Wildman–Crippen MR) is 68.5 cm³/mol. The molecule has 0 radical (unpaired) electrons. The van der Waals surface area contributed by atoms with Crippen molar-refractivity contribution in [3.05, 3.63) is 24.7 Å². The maximum atomic E-state index is 6.17. The molecule has 0 amide bonds. The van der Waals surface area contributed by atoms with Gasteiger partial charge < -0.3 is 10.5 Å². The smallest absolute Gasteiger partial charge is 0.240 e. The van der Waals surface area contributed by atoms with Gasteiger partial charge in [0.05, 0.1) is 6.20 Å². The lowest BCUT2D eigenvalue weighted by molar-refractivity contribution is 0.157.